The molecule has 0 amide bonds. The summed E-state index contributed by atoms with van der Waals surface area (Å²) in [6.45, 7) is -0.0976. The molecule has 0 bridgehead atoms. The maximum absolute atomic E-state index is 10.2. The van der Waals surface area contributed by atoms with E-state index in [4.69, 9.17) is 12.2 Å². The molecule has 4 N–H and O–H groups in total. The summed E-state index contributed by atoms with van der Waals surface area (Å²) in [6, 6.07) is -0.161. The summed E-state index contributed by atoms with van der Waals surface area (Å²) < 4.78 is 1.82. The highest BCUT2D eigenvalue weighted by molar-refractivity contribution is 5.81. The van der Waals surface area contributed by atoms with E-state index >= 15 is 0 Å². The number of fused-ring (bicyclic) bond motifs is 1. The number of hydrogen-bond acceptors (Lipinski definition) is 6. The first-order valence-electron chi connectivity index (χ1n) is 6.35. The van der Waals surface area contributed by atoms with Gasteiger partial charge in [0, 0.05) is 12.5 Å². The Morgan fingerprint density at radius 1 is 1.45 bits per heavy atom. The molecule has 1 aliphatic rings. The molecule has 0 radical (unpaired) electrons. The molecule has 1 fully saturated rings. The van der Waals surface area contributed by atoms with Crippen LogP contribution in [-0.2, 0) is 0 Å². The molecule has 1 aliphatic carbocycles. The standard InChI is InChI=1S/C13H15N5O2/c1-2-8-9(3-7(4-19)11(8)20)18-6-17-10-12(14)15-5-16-13(10)18/h1,5-9,11,19-20H,3-4H2,(H2,14,15,16). The highest BCUT2D eigenvalue weighted by atomic mass is 16.3. The zero-order chi connectivity index (χ0) is 14.3. The molecular weight excluding hydrogens is 258 g/mol. The predicted octanol–water partition coefficient (Wildman–Crippen LogP) is -0.428. The van der Waals surface area contributed by atoms with E-state index in [1.165, 1.54) is 6.33 Å². The van der Waals surface area contributed by atoms with E-state index in [-0.39, 0.29) is 24.5 Å². The van der Waals surface area contributed by atoms with Crippen molar-refractivity contribution in [3.63, 3.8) is 0 Å². The predicted molar refractivity (Wildman–Crippen MR) is 72.3 cm³/mol. The topological polar surface area (TPSA) is 110 Å². The molecule has 0 aromatic carbocycles. The lowest BCUT2D eigenvalue weighted by molar-refractivity contribution is 0.0737. The van der Waals surface area contributed by atoms with Crippen molar-refractivity contribution in [3.8, 4) is 12.3 Å². The fourth-order valence-corrected chi connectivity index (χ4v) is 2.91. The van der Waals surface area contributed by atoms with Gasteiger partial charge in [-0.25, -0.2) is 15.0 Å². The molecule has 3 rings (SSSR count). The number of aromatic nitrogens is 4. The first-order valence-corrected chi connectivity index (χ1v) is 6.35. The van der Waals surface area contributed by atoms with Crippen LogP contribution in [-0.4, -0.2) is 42.4 Å². The van der Waals surface area contributed by atoms with Crippen LogP contribution < -0.4 is 5.73 Å². The number of aliphatic hydroxyl groups excluding tert-OH is 2. The molecule has 1 saturated carbocycles. The second kappa shape index (κ2) is 4.74. The monoisotopic (exact) mass is 273 g/mol. The Morgan fingerprint density at radius 3 is 2.95 bits per heavy atom. The number of terminal acetylenes is 1. The molecule has 4 atom stereocenters. The largest absolute Gasteiger partial charge is 0.396 e. The van der Waals surface area contributed by atoms with Crippen LogP contribution in [0, 0.1) is 24.2 Å². The molecule has 7 nitrogen and oxygen atoms in total. The van der Waals surface area contributed by atoms with Crippen LogP contribution in [0.15, 0.2) is 12.7 Å². The fourth-order valence-electron chi connectivity index (χ4n) is 2.91. The summed E-state index contributed by atoms with van der Waals surface area (Å²) in [5, 5.41) is 19.5. The Labute approximate surface area is 115 Å². The van der Waals surface area contributed by atoms with Crippen LogP contribution in [0.2, 0.25) is 0 Å². The number of nitrogens with two attached hydrogens (primary N) is 1. The van der Waals surface area contributed by atoms with Crippen molar-refractivity contribution in [2.75, 3.05) is 12.3 Å². The SMILES string of the molecule is C#CC1C(O)C(CO)CC1n1cnc2c(N)ncnc21. The zero-order valence-corrected chi connectivity index (χ0v) is 10.7. The van der Waals surface area contributed by atoms with Crippen LogP contribution >= 0.6 is 0 Å². The quantitative estimate of drug-likeness (QED) is 0.641. The van der Waals surface area contributed by atoms with Gasteiger partial charge in [0.25, 0.3) is 0 Å². The molecule has 2 heterocycles. The van der Waals surface area contributed by atoms with Gasteiger partial charge in [-0.1, -0.05) is 5.92 Å². The molecule has 20 heavy (non-hydrogen) atoms. The summed E-state index contributed by atoms with van der Waals surface area (Å²) in [5.41, 5.74) is 6.87. The molecule has 0 aliphatic heterocycles. The van der Waals surface area contributed by atoms with Gasteiger partial charge >= 0.3 is 0 Å². The van der Waals surface area contributed by atoms with Gasteiger partial charge in [-0.05, 0) is 6.42 Å². The van der Waals surface area contributed by atoms with Gasteiger partial charge in [0.05, 0.1) is 24.4 Å². The maximum atomic E-state index is 10.2. The molecule has 2 aromatic rings. The van der Waals surface area contributed by atoms with Gasteiger partial charge in [0.1, 0.15) is 11.8 Å². The molecule has 0 spiro atoms. The summed E-state index contributed by atoms with van der Waals surface area (Å²) >= 11 is 0. The molecule has 0 saturated heterocycles. The molecular formula is C13H15N5O2. The molecule has 2 aromatic heterocycles. The van der Waals surface area contributed by atoms with Crippen molar-refractivity contribution in [1.29, 1.82) is 0 Å². The highest BCUT2D eigenvalue weighted by Gasteiger charge is 2.42. The number of anilines is 1. The Hall–Kier alpha value is -2.17. The Kier molecular flexibility index (Phi) is 3.04. The second-order valence-electron chi connectivity index (χ2n) is 5.01. The zero-order valence-electron chi connectivity index (χ0n) is 10.7. The minimum atomic E-state index is -0.730. The fraction of sp³-hybridized carbons (Fsp3) is 0.462. The van der Waals surface area contributed by atoms with Crippen molar-refractivity contribution in [3.05, 3.63) is 12.7 Å². The molecule has 7 heteroatoms. The lowest BCUT2D eigenvalue weighted by atomic mass is 10.0. The van der Waals surface area contributed by atoms with Crippen molar-refractivity contribution < 1.29 is 10.2 Å². The third-order valence-corrected chi connectivity index (χ3v) is 3.98. The summed E-state index contributed by atoms with van der Waals surface area (Å²) in [5.74, 6) is 2.29. The third kappa shape index (κ3) is 1.73. The number of rotatable bonds is 2. The van der Waals surface area contributed by atoms with Gasteiger partial charge < -0.3 is 20.5 Å². The van der Waals surface area contributed by atoms with E-state index in [2.05, 4.69) is 20.9 Å². The van der Waals surface area contributed by atoms with Crippen LogP contribution in [0.3, 0.4) is 0 Å². The number of hydrogen-bond donors (Lipinski definition) is 3. The van der Waals surface area contributed by atoms with Crippen molar-refractivity contribution in [2.24, 2.45) is 11.8 Å². The van der Waals surface area contributed by atoms with Gasteiger partial charge in [0.15, 0.2) is 11.5 Å². The first kappa shape index (κ1) is 12.8. The van der Waals surface area contributed by atoms with Crippen molar-refractivity contribution >= 4 is 17.0 Å². The molecule has 104 valence electrons. The summed E-state index contributed by atoms with van der Waals surface area (Å²) in [7, 11) is 0. The first-order chi connectivity index (χ1) is 9.67. The van der Waals surface area contributed by atoms with Crippen molar-refractivity contribution in [1.82, 2.24) is 19.5 Å². The van der Waals surface area contributed by atoms with E-state index < -0.39 is 6.10 Å². The number of aliphatic hydroxyl groups is 2. The minimum Gasteiger partial charge on any atom is -0.396 e. The Bertz CT molecular complexity index is 677. The van der Waals surface area contributed by atoms with Gasteiger partial charge in [-0.2, -0.15) is 0 Å². The van der Waals surface area contributed by atoms with Crippen LogP contribution in [0.25, 0.3) is 11.2 Å². The number of nitrogens with zero attached hydrogens (tertiary/aromatic N) is 4. The number of nitrogen functional groups attached to an aromatic ring is 1. The van der Waals surface area contributed by atoms with E-state index in [0.717, 1.165) is 0 Å². The van der Waals surface area contributed by atoms with E-state index in [1.54, 1.807) is 6.33 Å². The lowest BCUT2D eigenvalue weighted by Gasteiger charge is -2.18. The Balaban J connectivity index is 2.07. The maximum Gasteiger partial charge on any atom is 0.165 e. The minimum absolute atomic E-state index is 0.0976. The average molecular weight is 273 g/mol. The van der Waals surface area contributed by atoms with Crippen LogP contribution in [0.5, 0.6) is 0 Å². The van der Waals surface area contributed by atoms with Crippen LogP contribution in [0.1, 0.15) is 12.5 Å². The number of imidazole rings is 1. The lowest BCUT2D eigenvalue weighted by Crippen LogP contribution is -2.24. The average Bonchev–Trinajstić information content (AvgIpc) is 3.00. The third-order valence-electron chi connectivity index (χ3n) is 3.98. The van der Waals surface area contributed by atoms with E-state index in [1.807, 2.05) is 4.57 Å². The van der Waals surface area contributed by atoms with Gasteiger partial charge in [0.2, 0.25) is 0 Å². The summed E-state index contributed by atoms with van der Waals surface area (Å²) in [6.07, 6.45) is 8.35. The summed E-state index contributed by atoms with van der Waals surface area (Å²) in [4.78, 5) is 12.3. The smallest absolute Gasteiger partial charge is 0.165 e. The van der Waals surface area contributed by atoms with Crippen LogP contribution in [0.4, 0.5) is 5.82 Å². The Morgan fingerprint density at radius 2 is 2.25 bits per heavy atom. The second-order valence-corrected chi connectivity index (χ2v) is 5.01. The normalized spacial score (nSPS) is 29.6. The highest BCUT2D eigenvalue weighted by Crippen LogP contribution is 2.40. The van der Waals surface area contributed by atoms with Crippen molar-refractivity contribution in [2.45, 2.75) is 18.6 Å². The van der Waals surface area contributed by atoms with Gasteiger partial charge in [-0.15, -0.1) is 6.42 Å². The van der Waals surface area contributed by atoms with E-state index in [9.17, 15) is 10.2 Å². The van der Waals surface area contributed by atoms with Gasteiger partial charge in [-0.3, -0.25) is 0 Å². The van der Waals surface area contributed by atoms with E-state index in [0.29, 0.717) is 23.4 Å². The molecule has 4 unspecified atom stereocenters.